The first-order chi connectivity index (χ1) is 19.6. The van der Waals surface area contributed by atoms with E-state index in [1.807, 2.05) is 25.7 Å². The molecule has 1 aliphatic rings. The van der Waals surface area contributed by atoms with Crippen molar-refractivity contribution < 1.29 is 46.2 Å². The number of carbonyl (C=O) groups is 4. The van der Waals surface area contributed by atoms with Gasteiger partial charge in [-0.25, -0.2) is 0 Å². The number of carboxylic acid groups (broad SMARTS) is 1. The fourth-order valence-electron chi connectivity index (χ4n) is 3.62. The van der Waals surface area contributed by atoms with Crippen molar-refractivity contribution in [2.75, 3.05) is 27.3 Å². The number of carboxylic acids is 1. The molecular formula is C25H37N5O10S2. The molecule has 0 bridgehead atoms. The van der Waals surface area contributed by atoms with Gasteiger partial charge in [0.2, 0.25) is 5.91 Å². The Morgan fingerprint density at radius 3 is 2.14 bits per heavy atom. The van der Waals surface area contributed by atoms with Crippen LogP contribution in [0.3, 0.4) is 0 Å². The average Bonchev–Trinajstić information content (AvgIpc) is 3.26. The Hall–Kier alpha value is -3.54. The maximum Gasteiger partial charge on any atom is 0.397 e. The monoisotopic (exact) mass is 631 g/mol. The van der Waals surface area contributed by atoms with Gasteiger partial charge in [0.05, 0.1) is 20.6 Å². The summed E-state index contributed by atoms with van der Waals surface area (Å²) in [5.41, 5.74) is 0.902. The number of esters is 1. The van der Waals surface area contributed by atoms with Gasteiger partial charge in [0.1, 0.15) is 11.1 Å². The van der Waals surface area contributed by atoms with Gasteiger partial charge in [-0.2, -0.15) is 13.4 Å². The van der Waals surface area contributed by atoms with Gasteiger partial charge in [-0.3, -0.25) is 33.3 Å². The van der Waals surface area contributed by atoms with E-state index in [1.54, 1.807) is 24.3 Å². The molecule has 1 aliphatic heterocycles. The zero-order valence-corrected chi connectivity index (χ0v) is 25.6. The predicted octanol–water partition coefficient (Wildman–Crippen LogP) is 1.29. The summed E-state index contributed by atoms with van der Waals surface area (Å²) in [5.74, 6) is -1.86. The van der Waals surface area contributed by atoms with Crippen molar-refractivity contribution in [3.8, 4) is 0 Å². The summed E-state index contributed by atoms with van der Waals surface area (Å²) >= 11 is 1.21. The summed E-state index contributed by atoms with van der Waals surface area (Å²) in [6, 6.07) is 6.20. The van der Waals surface area contributed by atoms with Crippen LogP contribution in [-0.4, -0.2) is 102 Å². The summed E-state index contributed by atoms with van der Waals surface area (Å²) in [5, 5.41) is 22.3. The van der Waals surface area contributed by atoms with E-state index in [2.05, 4.69) is 24.5 Å². The number of aliphatic carboxylic acids is 1. The van der Waals surface area contributed by atoms with Crippen molar-refractivity contribution in [1.82, 2.24) is 15.5 Å². The molecule has 15 nitrogen and oxygen atoms in total. The summed E-state index contributed by atoms with van der Waals surface area (Å²) in [6.07, 6.45) is 0.499. The van der Waals surface area contributed by atoms with Crippen molar-refractivity contribution in [2.45, 2.75) is 57.4 Å². The fraction of sp³-hybridized carbons (Fsp3) is 0.520. The molecule has 1 heterocycles. The van der Waals surface area contributed by atoms with E-state index in [4.69, 9.17) is 15.1 Å². The smallest absolute Gasteiger partial charge is 0.397 e. The Balaban J connectivity index is 0.00000132. The van der Waals surface area contributed by atoms with Crippen LogP contribution in [0.4, 0.5) is 0 Å². The number of amides is 2. The minimum Gasteiger partial charge on any atom is -0.481 e. The molecule has 0 saturated carbocycles. The average molecular weight is 632 g/mol. The standard InChI is InChI=1S/C24H33N5O6S.CH4O4S/c1-14(2)29-15(3)20(23(34)27-13-11-19(32)35-4)36-24(29)28-22(33)17-9-7-16(8-10-17)21(25)26-12-5-6-18(30)31;1-5-6(2,3)4/h7-10,14-15,20H,5-6,11-13H2,1-4H3,(H2,25,26)(H,27,34)(H,30,31);1H3,(H,2,3,4). The Morgan fingerprint density at radius 2 is 1.64 bits per heavy atom. The summed E-state index contributed by atoms with van der Waals surface area (Å²) in [4.78, 5) is 53.7. The molecule has 1 aromatic rings. The highest BCUT2D eigenvalue weighted by atomic mass is 32.3. The van der Waals surface area contributed by atoms with Crippen molar-refractivity contribution in [1.29, 1.82) is 5.41 Å². The lowest BCUT2D eigenvalue weighted by Gasteiger charge is -2.28. The van der Waals surface area contributed by atoms with Crippen LogP contribution in [0.2, 0.25) is 0 Å². The number of carbonyl (C=O) groups excluding carboxylic acids is 3. The molecule has 5 N–H and O–H groups in total. The van der Waals surface area contributed by atoms with Gasteiger partial charge >= 0.3 is 22.3 Å². The minimum atomic E-state index is -4.16. The highest BCUT2D eigenvalue weighted by molar-refractivity contribution is 8.15. The summed E-state index contributed by atoms with van der Waals surface area (Å²) in [7, 11) is -2.00. The third-order valence-corrected chi connectivity index (χ3v) is 7.49. The molecule has 1 fully saturated rings. The largest absolute Gasteiger partial charge is 0.481 e. The van der Waals surface area contributed by atoms with Crippen LogP contribution >= 0.6 is 11.8 Å². The first-order valence-corrected chi connectivity index (χ1v) is 15.0. The van der Waals surface area contributed by atoms with Gasteiger partial charge in [0, 0.05) is 42.7 Å². The lowest BCUT2D eigenvalue weighted by molar-refractivity contribution is -0.140. The molecule has 2 atom stereocenters. The fourth-order valence-corrected chi connectivity index (χ4v) is 5.00. The van der Waals surface area contributed by atoms with Crippen LogP contribution < -0.4 is 10.6 Å². The van der Waals surface area contributed by atoms with Gasteiger partial charge in [0.15, 0.2) is 5.17 Å². The molecule has 2 rings (SSSR count). The number of ether oxygens (including phenoxy) is 1. The molecule has 0 spiro atoms. The van der Waals surface area contributed by atoms with Crippen LogP contribution in [0.1, 0.15) is 56.0 Å². The Labute approximate surface area is 248 Å². The second kappa shape index (κ2) is 17.4. The number of thioether (sulfide) groups is 1. The molecule has 0 aliphatic carbocycles. The third kappa shape index (κ3) is 12.5. The van der Waals surface area contributed by atoms with Crippen molar-refractivity contribution in [3.05, 3.63) is 35.4 Å². The Kier molecular flexibility index (Phi) is 15.1. The normalized spacial score (nSPS) is 17.3. The Bertz CT molecular complexity index is 1250. The summed E-state index contributed by atoms with van der Waals surface area (Å²) < 4.78 is 34.3. The minimum absolute atomic E-state index is 0.00182. The molecule has 1 aromatic carbocycles. The maximum absolute atomic E-state index is 12.9. The molecule has 2 unspecified atom stereocenters. The zero-order chi connectivity index (χ0) is 32.0. The number of nitrogens with zero attached hydrogens (tertiary/aromatic N) is 2. The van der Waals surface area contributed by atoms with Gasteiger partial charge < -0.3 is 25.4 Å². The topological polar surface area (TPSA) is 225 Å². The third-order valence-electron chi connectivity index (χ3n) is 5.70. The lowest BCUT2D eigenvalue weighted by Crippen LogP contribution is -2.45. The number of methoxy groups -OCH3 is 1. The van der Waals surface area contributed by atoms with Crippen LogP contribution in [0.25, 0.3) is 0 Å². The van der Waals surface area contributed by atoms with Crippen LogP contribution in [-0.2, 0) is 33.7 Å². The van der Waals surface area contributed by atoms with Crippen LogP contribution in [0.5, 0.6) is 0 Å². The lowest BCUT2D eigenvalue weighted by atomic mass is 10.1. The highest BCUT2D eigenvalue weighted by Crippen LogP contribution is 2.34. The molecular weight excluding hydrogens is 594 g/mol. The molecule has 42 heavy (non-hydrogen) atoms. The van der Waals surface area contributed by atoms with E-state index in [-0.39, 0.29) is 43.2 Å². The molecule has 0 aromatic heterocycles. The highest BCUT2D eigenvalue weighted by Gasteiger charge is 2.42. The molecule has 2 amide bonds. The van der Waals surface area contributed by atoms with E-state index < -0.39 is 33.5 Å². The number of hydrogen-bond donors (Lipinski definition) is 5. The first-order valence-electron chi connectivity index (χ1n) is 12.7. The van der Waals surface area contributed by atoms with Gasteiger partial charge in [-0.1, -0.05) is 23.9 Å². The van der Waals surface area contributed by atoms with Crippen LogP contribution in [0, 0.1) is 5.41 Å². The van der Waals surface area contributed by atoms with Crippen molar-refractivity contribution >= 4 is 56.9 Å². The molecule has 0 radical (unpaired) electrons. The first kappa shape index (κ1) is 36.5. The van der Waals surface area contributed by atoms with Crippen molar-refractivity contribution in [3.63, 3.8) is 0 Å². The summed E-state index contributed by atoms with van der Waals surface area (Å²) in [6.45, 7) is 6.33. The number of amidine groups is 2. The SMILES string of the molecule is COC(=O)CCNC(=O)C1SC(=NC(=O)c2ccc(C(=N)NCCCC(=O)O)cc2)N(C(C)C)C1C.COS(=O)(=O)O. The quantitative estimate of drug-likeness (QED) is 0.0722. The second-order valence-electron chi connectivity index (χ2n) is 9.07. The number of hydrogen-bond acceptors (Lipinski definition) is 10. The van der Waals surface area contributed by atoms with Gasteiger partial charge in [-0.05, 0) is 39.3 Å². The predicted molar refractivity (Wildman–Crippen MR) is 156 cm³/mol. The zero-order valence-electron chi connectivity index (χ0n) is 23.9. The van der Waals surface area contributed by atoms with Crippen molar-refractivity contribution in [2.24, 2.45) is 4.99 Å². The number of aliphatic imine (C=N–C) groups is 1. The van der Waals surface area contributed by atoms with E-state index in [0.29, 0.717) is 29.3 Å². The van der Waals surface area contributed by atoms with E-state index in [9.17, 15) is 27.6 Å². The molecule has 1 saturated heterocycles. The number of nitrogens with one attached hydrogen (secondary N) is 3. The van der Waals surface area contributed by atoms with Gasteiger partial charge in [-0.15, -0.1) is 0 Å². The second-order valence-corrected chi connectivity index (χ2v) is 11.4. The molecule has 17 heteroatoms. The number of rotatable bonds is 12. The number of benzene rings is 1. The van der Waals surface area contributed by atoms with E-state index in [0.717, 1.165) is 7.11 Å². The Morgan fingerprint density at radius 1 is 1.07 bits per heavy atom. The molecule has 234 valence electrons. The maximum atomic E-state index is 12.9. The van der Waals surface area contributed by atoms with E-state index in [1.165, 1.54) is 18.9 Å². The van der Waals surface area contributed by atoms with Crippen LogP contribution in [0.15, 0.2) is 29.3 Å². The van der Waals surface area contributed by atoms with Gasteiger partial charge in [0.25, 0.3) is 5.91 Å². The van der Waals surface area contributed by atoms with E-state index >= 15 is 0 Å².